The van der Waals surface area contributed by atoms with E-state index in [9.17, 15) is 5.11 Å². The van der Waals surface area contributed by atoms with Crippen LogP contribution in [-0.2, 0) is 9.47 Å². The van der Waals surface area contributed by atoms with Gasteiger partial charge in [0.25, 0.3) is 0 Å². The molecule has 0 amide bonds. The van der Waals surface area contributed by atoms with Crippen LogP contribution >= 0.6 is 0 Å². The monoisotopic (exact) mass is 250 g/mol. The molecule has 2 saturated heterocycles. The Morgan fingerprint density at radius 1 is 1.33 bits per heavy atom. The van der Waals surface area contributed by atoms with E-state index in [4.69, 9.17) is 9.47 Å². The number of allylic oxidation sites excluding steroid dienone is 1. The average molecular weight is 250 g/mol. The maximum atomic E-state index is 10.5. The van der Waals surface area contributed by atoms with E-state index < -0.39 is 6.29 Å². The summed E-state index contributed by atoms with van der Waals surface area (Å²) >= 11 is 0. The Morgan fingerprint density at radius 3 is 3.00 bits per heavy atom. The summed E-state index contributed by atoms with van der Waals surface area (Å²) in [6.07, 6.45) is 6.15. The summed E-state index contributed by atoms with van der Waals surface area (Å²) in [5, 5.41) is 10.5. The fourth-order valence-corrected chi connectivity index (χ4v) is 5.25. The van der Waals surface area contributed by atoms with E-state index in [1.807, 2.05) is 0 Å². The lowest BCUT2D eigenvalue weighted by atomic mass is 9.48. The predicted molar refractivity (Wildman–Crippen MR) is 66.6 cm³/mol. The van der Waals surface area contributed by atoms with Gasteiger partial charge in [0.05, 0.1) is 6.61 Å². The third-order valence-electron chi connectivity index (χ3n) is 6.03. The Labute approximate surface area is 108 Å². The molecule has 1 N–H and O–H groups in total. The highest BCUT2D eigenvalue weighted by atomic mass is 16.7. The largest absolute Gasteiger partial charge is 0.367 e. The maximum absolute atomic E-state index is 10.5. The van der Waals surface area contributed by atoms with Crippen molar-refractivity contribution in [3.05, 3.63) is 11.6 Å². The molecule has 5 atom stereocenters. The standard InChI is InChI=1S/C15H22O3/c1-14(2)6-3-7-15-10(14)5-4-9-8-17-12(11(9)15)18-13(15)16/h4,10-13,16H,3,5-8H2,1-2H3/t10-,11+,12+,13+,15+/m0/s1. The second-order valence-electron chi connectivity index (χ2n) is 7.17. The van der Waals surface area contributed by atoms with Crippen LogP contribution in [0.2, 0.25) is 0 Å². The average Bonchev–Trinajstić information content (AvgIpc) is 2.83. The fourth-order valence-electron chi connectivity index (χ4n) is 5.25. The molecule has 1 spiro atoms. The first kappa shape index (κ1) is 11.4. The first-order valence-electron chi connectivity index (χ1n) is 7.20. The molecule has 3 fully saturated rings. The minimum atomic E-state index is -0.638. The van der Waals surface area contributed by atoms with Crippen molar-refractivity contribution in [1.29, 1.82) is 0 Å². The minimum absolute atomic E-state index is 0.0764. The molecule has 0 aromatic heterocycles. The highest BCUT2D eigenvalue weighted by Gasteiger charge is 2.67. The van der Waals surface area contributed by atoms with Gasteiger partial charge < -0.3 is 14.6 Å². The van der Waals surface area contributed by atoms with Gasteiger partial charge in [-0.25, -0.2) is 0 Å². The molecule has 3 nitrogen and oxygen atoms in total. The van der Waals surface area contributed by atoms with Gasteiger partial charge in [-0.2, -0.15) is 0 Å². The van der Waals surface area contributed by atoms with Gasteiger partial charge in [0, 0.05) is 11.3 Å². The summed E-state index contributed by atoms with van der Waals surface area (Å²) in [5.41, 5.74) is 1.60. The molecule has 2 aliphatic heterocycles. The molecule has 2 aliphatic carbocycles. The smallest absolute Gasteiger partial charge is 0.168 e. The van der Waals surface area contributed by atoms with Gasteiger partial charge in [0.1, 0.15) is 0 Å². The van der Waals surface area contributed by atoms with Crippen molar-refractivity contribution >= 4 is 0 Å². The number of rotatable bonds is 0. The lowest BCUT2D eigenvalue weighted by molar-refractivity contribution is -0.213. The summed E-state index contributed by atoms with van der Waals surface area (Å²) in [7, 11) is 0. The van der Waals surface area contributed by atoms with Crippen molar-refractivity contribution in [2.45, 2.75) is 52.1 Å². The third-order valence-corrected chi connectivity index (χ3v) is 6.03. The number of hydrogen-bond acceptors (Lipinski definition) is 3. The first-order chi connectivity index (χ1) is 8.56. The zero-order chi connectivity index (χ0) is 12.5. The normalized spacial score (nSPS) is 52.7. The second kappa shape index (κ2) is 3.38. The van der Waals surface area contributed by atoms with E-state index >= 15 is 0 Å². The van der Waals surface area contributed by atoms with Crippen LogP contribution in [0.25, 0.3) is 0 Å². The van der Waals surface area contributed by atoms with E-state index in [1.54, 1.807) is 0 Å². The predicted octanol–water partition coefficient (Wildman–Crippen LogP) is 2.45. The molecule has 1 saturated carbocycles. The molecule has 0 aromatic carbocycles. The van der Waals surface area contributed by atoms with Crippen LogP contribution in [0.3, 0.4) is 0 Å². The summed E-state index contributed by atoms with van der Waals surface area (Å²) in [4.78, 5) is 0. The van der Waals surface area contributed by atoms with Crippen LogP contribution in [0.5, 0.6) is 0 Å². The molecule has 2 heterocycles. The van der Waals surface area contributed by atoms with Crippen LogP contribution < -0.4 is 0 Å². The van der Waals surface area contributed by atoms with Crippen molar-refractivity contribution in [1.82, 2.24) is 0 Å². The van der Waals surface area contributed by atoms with Gasteiger partial charge in [-0.15, -0.1) is 0 Å². The molecule has 0 radical (unpaired) electrons. The zero-order valence-corrected chi connectivity index (χ0v) is 11.2. The highest BCUT2D eigenvalue weighted by molar-refractivity contribution is 5.27. The number of hydrogen-bond donors (Lipinski definition) is 1. The van der Waals surface area contributed by atoms with Crippen molar-refractivity contribution in [2.24, 2.45) is 22.7 Å². The van der Waals surface area contributed by atoms with Gasteiger partial charge >= 0.3 is 0 Å². The highest BCUT2D eigenvalue weighted by Crippen LogP contribution is 2.66. The molecular formula is C15H22O3. The van der Waals surface area contributed by atoms with Crippen molar-refractivity contribution in [3.8, 4) is 0 Å². The van der Waals surface area contributed by atoms with E-state index in [2.05, 4.69) is 19.9 Å². The third kappa shape index (κ3) is 1.16. The lowest BCUT2D eigenvalue weighted by Gasteiger charge is -2.55. The van der Waals surface area contributed by atoms with E-state index in [1.165, 1.54) is 18.4 Å². The molecular weight excluding hydrogens is 228 g/mol. The van der Waals surface area contributed by atoms with Gasteiger partial charge in [-0.1, -0.05) is 26.3 Å². The van der Waals surface area contributed by atoms with Gasteiger partial charge in [0.15, 0.2) is 12.6 Å². The Balaban J connectivity index is 1.86. The molecule has 0 bridgehead atoms. The SMILES string of the molecule is CC1(C)CCC[C@@]23[C@H](O)O[C@H]4OCC(=CC[C@@H]12)[C@H]43. The number of aliphatic hydroxyl groups is 1. The number of ether oxygens (including phenoxy) is 2. The van der Waals surface area contributed by atoms with Crippen LogP contribution in [-0.4, -0.2) is 24.3 Å². The van der Waals surface area contributed by atoms with Gasteiger partial charge in [-0.05, 0) is 36.2 Å². The van der Waals surface area contributed by atoms with Crippen molar-refractivity contribution < 1.29 is 14.6 Å². The molecule has 18 heavy (non-hydrogen) atoms. The van der Waals surface area contributed by atoms with E-state index in [0.717, 1.165) is 12.8 Å². The number of aliphatic hydroxyl groups excluding tert-OH is 1. The van der Waals surface area contributed by atoms with Crippen LogP contribution in [0.4, 0.5) is 0 Å². The van der Waals surface area contributed by atoms with Crippen molar-refractivity contribution in [2.75, 3.05) is 6.61 Å². The van der Waals surface area contributed by atoms with Gasteiger partial charge in [-0.3, -0.25) is 0 Å². The molecule has 0 unspecified atom stereocenters. The zero-order valence-electron chi connectivity index (χ0n) is 11.2. The minimum Gasteiger partial charge on any atom is -0.367 e. The Hall–Kier alpha value is -0.380. The van der Waals surface area contributed by atoms with Crippen LogP contribution in [0.1, 0.15) is 39.5 Å². The summed E-state index contributed by atoms with van der Waals surface area (Å²) < 4.78 is 11.5. The molecule has 4 rings (SSSR count). The van der Waals surface area contributed by atoms with E-state index in [-0.39, 0.29) is 11.7 Å². The van der Waals surface area contributed by atoms with Crippen molar-refractivity contribution in [3.63, 3.8) is 0 Å². The second-order valence-corrected chi connectivity index (χ2v) is 7.17. The molecule has 0 aromatic rings. The fraction of sp³-hybridized carbons (Fsp3) is 0.867. The molecule has 4 aliphatic rings. The molecule has 100 valence electrons. The topological polar surface area (TPSA) is 38.7 Å². The van der Waals surface area contributed by atoms with E-state index in [0.29, 0.717) is 23.9 Å². The molecule has 3 heteroatoms. The first-order valence-corrected chi connectivity index (χ1v) is 7.20. The van der Waals surface area contributed by atoms with Crippen LogP contribution in [0.15, 0.2) is 11.6 Å². The summed E-state index contributed by atoms with van der Waals surface area (Å²) in [5.74, 6) is 0.833. The maximum Gasteiger partial charge on any atom is 0.168 e. The Kier molecular flexibility index (Phi) is 2.15. The quantitative estimate of drug-likeness (QED) is 0.671. The lowest BCUT2D eigenvalue weighted by Crippen LogP contribution is -2.53. The summed E-state index contributed by atoms with van der Waals surface area (Å²) in [6.45, 7) is 5.41. The van der Waals surface area contributed by atoms with Gasteiger partial charge in [0.2, 0.25) is 0 Å². The van der Waals surface area contributed by atoms with Crippen LogP contribution in [0, 0.1) is 22.7 Å². The summed E-state index contributed by atoms with van der Waals surface area (Å²) in [6, 6.07) is 0. The Morgan fingerprint density at radius 2 is 2.17 bits per heavy atom. The Bertz CT molecular complexity index is 414.